The van der Waals surface area contributed by atoms with Gasteiger partial charge >= 0.3 is 15.7 Å². The van der Waals surface area contributed by atoms with Crippen molar-refractivity contribution in [2.24, 2.45) is 10.3 Å². The monoisotopic (exact) mass is 441 g/mol. The van der Waals surface area contributed by atoms with Crippen LogP contribution in [0.4, 0.5) is 4.79 Å². The molecule has 1 aromatic carbocycles. The van der Waals surface area contributed by atoms with Crippen LogP contribution in [0.1, 0.15) is 37.7 Å². The van der Waals surface area contributed by atoms with Crippen LogP contribution in [-0.2, 0) is 20.0 Å². The van der Waals surface area contributed by atoms with E-state index in [-0.39, 0.29) is 18.6 Å². The summed E-state index contributed by atoms with van der Waals surface area (Å²) in [6.45, 7) is 2.26. The lowest BCUT2D eigenvalue weighted by molar-refractivity contribution is -0.129. The summed E-state index contributed by atoms with van der Waals surface area (Å²) in [7, 11) is 0.624. The fraction of sp³-hybridized carbons (Fsp3) is 0.579. The summed E-state index contributed by atoms with van der Waals surface area (Å²) in [6.07, 6.45) is 2.24. The predicted molar refractivity (Wildman–Crippen MR) is 112 cm³/mol. The molecule has 1 aliphatic carbocycles. The van der Waals surface area contributed by atoms with Gasteiger partial charge in [-0.1, -0.05) is 37.3 Å². The van der Waals surface area contributed by atoms with Gasteiger partial charge in [-0.15, -0.1) is 0 Å². The summed E-state index contributed by atoms with van der Waals surface area (Å²) in [4.78, 5) is 26.9. The summed E-state index contributed by atoms with van der Waals surface area (Å²) in [6, 6.07) is 8.51. The Bertz CT molecular complexity index is 820. The van der Waals surface area contributed by atoms with Crippen LogP contribution < -0.4 is 4.72 Å². The highest BCUT2D eigenvalue weighted by Crippen LogP contribution is 2.51. The van der Waals surface area contributed by atoms with Gasteiger partial charge in [0.1, 0.15) is 0 Å². The van der Waals surface area contributed by atoms with Gasteiger partial charge in [0.25, 0.3) is 0 Å². The topological polar surface area (TPSA) is 105 Å². The van der Waals surface area contributed by atoms with Crippen molar-refractivity contribution in [1.29, 1.82) is 0 Å². The van der Waals surface area contributed by atoms with Gasteiger partial charge in [-0.05, 0) is 31.9 Å². The smallest absolute Gasteiger partial charge is 0.311 e. The van der Waals surface area contributed by atoms with Gasteiger partial charge in [-0.2, -0.15) is 12.8 Å². The van der Waals surface area contributed by atoms with Crippen LogP contribution >= 0.6 is 11.9 Å². The van der Waals surface area contributed by atoms with Crippen molar-refractivity contribution in [3.05, 3.63) is 35.9 Å². The first kappa shape index (κ1) is 23.5. The van der Waals surface area contributed by atoms with Crippen LogP contribution in [0, 0.1) is 5.92 Å². The Labute approximate surface area is 177 Å². The number of hydrogen-bond donors (Lipinski definition) is 1. The van der Waals surface area contributed by atoms with Gasteiger partial charge in [0.2, 0.25) is 5.91 Å². The molecule has 29 heavy (non-hydrogen) atoms. The third kappa shape index (κ3) is 6.36. The second-order valence-corrected chi connectivity index (χ2v) is 8.35. The van der Waals surface area contributed by atoms with E-state index in [1.807, 2.05) is 37.3 Å². The maximum Gasteiger partial charge on any atom is 0.311 e. The van der Waals surface area contributed by atoms with E-state index >= 15 is 0 Å². The number of amides is 2. The normalized spacial score (nSPS) is 21.3. The Balaban J connectivity index is 2.19. The second kappa shape index (κ2) is 11.4. The van der Waals surface area contributed by atoms with Crippen LogP contribution in [0.25, 0.3) is 0 Å². The van der Waals surface area contributed by atoms with E-state index in [9.17, 15) is 18.0 Å². The molecule has 0 spiro atoms. The standard InChI is InChI=1S/C19H27N3O5S2/c1-4-14(27-3)11-8-12-22(19(24)28-20-2)18(23)16-15(17(16)21-29(25)26)13-9-6-5-7-10-13/h5-7,9-10,14-17,20H,4,8,11-12H2,1-3H3. The van der Waals surface area contributed by atoms with Crippen molar-refractivity contribution in [3.63, 3.8) is 0 Å². The van der Waals surface area contributed by atoms with Gasteiger partial charge in [-0.3, -0.25) is 19.2 Å². The molecule has 4 unspecified atom stereocenters. The molecule has 1 fully saturated rings. The van der Waals surface area contributed by atoms with E-state index in [0.717, 1.165) is 30.4 Å². The van der Waals surface area contributed by atoms with Gasteiger partial charge < -0.3 is 4.74 Å². The predicted octanol–water partition coefficient (Wildman–Crippen LogP) is 2.85. The molecule has 0 aliphatic heterocycles. The Hall–Kier alpha value is -1.75. The quantitative estimate of drug-likeness (QED) is 0.557. The third-order valence-corrected chi connectivity index (χ3v) is 6.05. The fourth-order valence-corrected chi connectivity index (χ4v) is 4.41. The summed E-state index contributed by atoms with van der Waals surface area (Å²) in [5, 5.41) is -0.413. The lowest BCUT2D eigenvalue weighted by Gasteiger charge is -2.21. The molecule has 0 saturated heterocycles. The minimum atomic E-state index is -2.62. The number of nitrogens with zero attached hydrogens (tertiary/aromatic N) is 2. The number of rotatable bonds is 10. The zero-order chi connectivity index (χ0) is 21.4. The van der Waals surface area contributed by atoms with E-state index in [0.29, 0.717) is 6.42 Å². The number of methoxy groups -OCH3 is 1. The Morgan fingerprint density at radius 3 is 2.55 bits per heavy atom. The molecule has 10 heteroatoms. The Morgan fingerprint density at radius 1 is 1.31 bits per heavy atom. The van der Waals surface area contributed by atoms with E-state index in [4.69, 9.17) is 4.74 Å². The van der Waals surface area contributed by atoms with Crippen molar-refractivity contribution < 1.29 is 22.7 Å². The fourth-order valence-electron chi connectivity index (χ4n) is 3.48. The third-order valence-electron chi connectivity index (χ3n) is 5.03. The second-order valence-electron chi connectivity index (χ2n) is 6.75. The van der Waals surface area contributed by atoms with Crippen molar-refractivity contribution in [2.75, 3.05) is 20.7 Å². The van der Waals surface area contributed by atoms with Crippen LogP contribution in [0.15, 0.2) is 34.7 Å². The minimum absolute atomic E-state index is 0.0719. The molecule has 1 aliphatic rings. The highest BCUT2D eigenvalue weighted by atomic mass is 32.2. The first-order valence-corrected chi connectivity index (χ1v) is 11.4. The number of carbonyl (C=O) groups excluding carboxylic acids is 2. The molecule has 4 atom stereocenters. The molecule has 2 rings (SSSR count). The molecule has 1 saturated carbocycles. The molecule has 8 nitrogen and oxygen atoms in total. The van der Waals surface area contributed by atoms with Gasteiger partial charge in [0.05, 0.1) is 18.1 Å². The van der Waals surface area contributed by atoms with E-state index in [2.05, 4.69) is 9.08 Å². The number of benzene rings is 1. The molecule has 160 valence electrons. The van der Waals surface area contributed by atoms with Crippen molar-refractivity contribution in [1.82, 2.24) is 9.62 Å². The first-order valence-electron chi connectivity index (χ1n) is 9.51. The molecular formula is C19H27N3O5S2. The largest absolute Gasteiger partial charge is 0.381 e. The van der Waals surface area contributed by atoms with Gasteiger partial charge in [0, 0.05) is 31.5 Å². The maximum atomic E-state index is 13.2. The summed E-state index contributed by atoms with van der Waals surface area (Å²) in [5.41, 5.74) is 0.837. The SMILES string of the molecule is CCC(CCCN(C(=O)SNC)C(=O)C1C(N=S(=O)=O)C1c1ccccc1)OC. The van der Waals surface area contributed by atoms with Crippen molar-refractivity contribution >= 4 is 33.6 Å². The summed E-state index contributed by atoms with van der Waals surface area (Å²) < 4.78 is 34.0. The number of imide groups is 1. The number of nitrogens with one attached hydrogen (secondary N) is 1. The number of hydrogen-bond acceptors (Lipinski definition) is 8. The van der Waals surface area contributed by atoms with E-state index < -0.39 is 33.6 Å². The van der Waals surface area contributed by atoms with Crippen LogP contribution in [0.3, 0.4) is 0 Å². The molecule has 0 bridgehead atoms. The average molecular weight is 442 g/mol. The van der Waals surface area contributed by atoms with Crippen molar-refractivity contribution in [3.8, 4) is 0 Å². The van der Waals surface area contributed by atoms with Crippen molar-refractivity contribution in [2.45, 2.75) is 44.2 Å². The van der Waals surface area contributed by atoms with Crippen LogP contribution in [0.2, 0.25) is 0 Å². The molecule has 1 N–H and O–H groups in total. The molecule has 1 aromatic rings. The zero-order valence-corrected chi connectivity index (χ0v) is 18.4. The molecule has 0 heterocycles. The Kier molecular flexibility index (Phi) is 9.28. The summed E-state index contributed by atoms with van der Waals surface area (Å²) in [5.74, 6) is -1.41. The van der Waals surface area contributed by atoms with E-state index in [1.54, 1.807) is 14.2 Å². The number of carbonyl (C=O) groups is 2. The minimum Gasteiger partial charge on any atom is -0.381 e. The molecule has 0 radical (unpaired) electrons. The maximum absolute atomic E-state index is 13.2. The highest BCUT2D eigenvalue weighted by Gasteiger charge is 2.58. The summed E-state index contributed by atoms with van der Waals surface area (Å²) >= 11 is 0.828. The average Bonchev–Trinajstić information content (AvgIpc) is 3.41. The first-order chi connectivity index (χ1) is 13.9. The zero-order valence-electron chi connectivity index (χ0n) is 16.8. The van der Waals surface area contributed by atoms with Gasteiger partial charge in [0.15, 0.2) is 0 Å². The van der Waals surface area contributed by atoms with Crippen LogP contribution in [-0.4, -0.2) is 57.3 Å². The lowest BCUT2D eigenvalue weighted by atomic mass is 10.1. The number of ether oxygens (including phenoxy) is 1. The molecular weight excluding hydrogens is 414 g/mol. The van der Waals surface area contributed by atoms with E-state index in [1.165, 1.54) is 4.90 Å². The lowest BCUT2D eigenvalue weighted by Crippen LogP contribution is -2.38. The highest BCUT2D eigenvalue weighted by molar-refractivity contribution is 8.11. The molecule has 0 aromatic heterocycles. The Morgan fingerprint density at radius 2 is 2.00 bits per heavy atom. The molecule has 2 amide bonds. The van der Waals surface area contributed by atoms with Gasteiger partial charge in [-0.25, -0.2) is 0 Å². The van der Waals surface area contributed by atoms with Crippen LogP contribution in [0.5, 0.6) is 0 Å².